The van der Waals surface area contributed by atoms with Crippen LogP contribution in [0, 0.1) is 0 Å². The number of ether oxygens (including phenoxy) is 3. The monoisotopic (exact) mass is 345 g/mol. The van der Waals surface area contributed by atoms with Crippen molar-refractivity contribution in [1.82, 2.24) is 5.32 Å². The van der Waals surface area contributed by atoms with Gasteiger partial charge in [0.15, 0.2) is 0 Å². The van der Waals surface area contributed by atoms with Gasteiger partial charge in [-0.25, -0.2) is 0 Å². The number of rotatable bonds is 17. The van der Waals surface area contributed by atoms with Gasteiger partial charge in [-0.05, 0) is 47.1 Å². The first-order valence-corrected chi connectivity index (χ1v) is 10.2. The molecule has 0 saturated carbocycles. The van der Waals surface area contributed by atoms with Crippen molar-refractivity contribution in [2.45, 2.75) is 104 Å². The minimum atomic E-state index is -1.01. The third-order valence-corrected chi connectivity index (χ3v) is 4.47. The van der Waals surface area contributed by atoms with E-state index in [-0.39, 0.29) is 5.54 Å². The summed E-state index contributed by atoms with van der Waals surface area (Å²) in [5, 5.41) is 3.67. The second-order valence-corrected chi connectivity index (χ2v) is 6.63. The standard InChI is InChI=1S/C20H43NO3/c1-7-12-13-14-15-16-17-19(6,21-18-8-2)20(22-9-3,23-10-4)24-11-5/h21H,7-18H2,1-6H3. The first kappa shape index (κ1) is 23.8. The van der Waals surface area contributed by atoms with Gasteiger partial charge >= 0.3 is 5.97 Å². The molecule has 146 valence electrons. The summed E-state index contributed by atoms with van der Waals surface area (Å²) in [6.07, 6.45) is 9.75. The Balaban J connectivity index is 5.01. The Bertz CT molecular complexity index is 269. The van der Waals surface area contributed by atoms with Crippen LogP contribution >= 0.6 is 0 Å². The van der Waals surface area contributed by atoms with E-state index in [4.69, 9.17) is 14.2 Å². The highest BCUT2D eigenvalue weighted by Crippen LogP contribution is 2.34. The molecule has 0 radical (unpaired) electrons. The molecule has 0 fully saturated rings. The average molecular weight is 346 g/mol. The van der Waals surface area contributed by atoms with Gasteiger partial charge in [-0.3, -0.25) is 0 Å². The maximum atomic E-state index is 6.06. The molecule has 1 atom stereocenters. The van der Waals surface area contributed by atoms with E-state index in [2.05, 4.69) is 26.1 Å². The summed E-state index contributed by atoms with van der Waals surface area (Å²) in [6.45, 7) is 15.3. The molecule has 0 aliphatic carbocycles. The van der Waals surface area contributed by atoms with Crippen molar-refractivity contribution in [2.75, 3.05) is 26.4 Å². The third kappa shape index (κ3) is 7.81. The predicted molar refractivity (Wildman–Crippen MR) is 102 cm³/mol. The number of hydrogen-bond acceptors (Lipinski definition) is 4. The topological polar surface area (TPSA) is 39.7 Å². The van der Waals surface area contributed by atoms with Crippen LogP contribution in [0.2, 0.25) is 0 Å². The normalized spacial score (nSPS) is 14.8. The van der Waals surface area contributed by atoms with Gasteiger partial charge in [0.05, 0.1) is 5.54 Å². The van der Waals surface area contributed by atoms with Crippen molar-refractivity contribution in [3.63, 3.8) is 0 Å². The van der Waals surface area contributed by atoms with Crippen molar-refractivity contribution >= 4 is 0 Å². The van der Waals surface area contributed by atoms with Crippen LogP contribution in [0.15, 0.2) is 0 Å². The van der Waals surface area contributed by atoms with Crippen molar-refractivity contribution in [3.05, 3.63) is 0 Å². The fourth-order valence-corrected chi connectivity index (χ4v) is 3.18. The highest BCUT2D eigenvalue weighted by atomic mass is 16.9. The fourth-order valence-electron chi connectivity index (χ4n) is 3.18. The summed E-state index contributed by atoms with van der Waals surface area (Å²) in [5.41, 5.74) is -0.351. The van der Waals surface area contributed by atoms with Gasteiger partial charge in [-0.2, -0.15) is 0 Å². The summed E-state index contributed by atoms with van der Waals surface area (Å²) in [5.74, 6) is -1.01. The Hall–Kier alpha value is -0.160. The van der Waals surface area contributed by atoms with Gasteiger partial charge in [0.1, 0.15) is 0 Å². The molecule has 0 heterocycles. The number of hydrogen-bond donors (Lipinski definition) is 1. The summed E-state index contributed by atoms with van der Waals surface area (Å²) in [6, 6.07) is 0. The van der Waals surface area contributed by atoms with Crippen molar-refractivity contribution in [3.8, 4) is 0 Å². The van der Waals surface area contributed by atoms with Crippen molar-refractivity contribution in [2.24, 2.45) is 0 Å². The van der Waals surface area contributed by atoms with Crippen LogP contribution in [0.5, 0.6) is 0 Å². The molecule has 0 aromatic carbocycles. The van der Waals surface area contributed by atoms with Crippen LogP contribution < -0.4 is 5.32 Å². The highest BCUT2D eigenvalue weighted by Gasteiger charge is 2.51. The van der Waals surface area contributed by atoms with Gasteiger partial charge in [0, 0.05) is 19.8 Å². The van der Waals surface area contributed by atoms with E-state index >= 15 is 0 Å². The lowest BCUT2D eigenvalue weighted by molar-refractivity contribution is -0.409. The molecule has 24 heavy (non-hydrogen) atoms. The maximum absolute atomic E-state index is 6.06. The maximum Gasteiger partial charge on any atom is 0.302 e. The Labute approximate surface area is 151 Å². The first-order valence-electron chi connectivity index (χ1n) is 10.2. The van der Waals surface area contributed by atoms with E-state index in [0.29, 0.717) is 19.8 Å². The summed E-state index contributed by atoms with van der Waals surface area (Å²) in [7, 11) is 0. The number of unbranched alkanes of at least 4 members (excludes halogenated alkanes) is 5. The van der Waals surface area contributed by atoms with Crippen molar-refractivity contribution < 1.29 is 14.2 Å². The summed E-state index contributed by atoms with van der Waals surface area (Å²) < 4.78 is 18.2. The Morgan fingerprint density at radius 3 is 1.62 bits per heavy atom. The van der Waals surface area contributed by atoms with Gasteiger partial charge in [-0.15, -0.1) is 0 Å². The average Bonchev–Trinajstić information content (AvgIpc) is 2.56. The van der Waals surface area contributed by atoms with Gasteiger partial charge in [0.25, 0.3) is 0 Å². The van der Waals surface area contributed by atoms with E-state index in [1.165, 1.54) is 32.1 Å². The summed E-state index contributed by atoms with van der Waals surface area (Å²) >= 11 is 0. The fraction of sp³-hybridized carbons (Fsp3) is 1.00. The van der Waals surface area contributed by atoms with E-state index in [1.807, 2.05) is 20.8 Å². The molecule has 0 amide bonds. The molecule has 4 heteroatoms. The zero-order valence-corrected chi connectivity index (χ0v) is 17.2. The van der Waals surface area contributed by atoms with E-state index in [0.717, 1.165) is 25.8 Å². The molecular weight excluding hydrogens is 302 g/mol. The van der Waals surface area contributed by atoms with E-state index in [9.17, 15) is 0 Å². The van der Waals surface area contributed by atoms with Crippen LogP contribution in [0.1, 0.15) is 92.9 Å². The molecule has 0 aromatic rings. The zero-order valence-electron chi connectivity index (χ0n) is 17.2. The summed E-state index contributed by atoms with van der Waals surface area (Å²) in [4.78, 5) is 0. The van der Waals surface area contributed by atoms with E-state index in [1.54, 1.807) is 0 Å². The molecule has 0 bridgehead atoms. The Kier molecular flexibility index (Phi) is 14.0. The molecule has 0 aliphatic heterocycles. The smallest absolute Gasteiger partial charge is 0.302 e. The molecule has 1 unspecified atom stereocenters. The molecule has 0 aromatic heterocycles. The lowest BCUT2D eigenvalue weighted by Crippen LogP contribution is -2.65. The first-order chi connectivity index (χ1) is 11.6. The molecule has 0 rings (SSSR count). The SMILES string of the molecule is CCCCCCCCC(C)(NCCC)C(OCC)(OCC)OCC. The predicted octanol–water partition coefficient (Wildman–Crippen LogP) is 5.26. The molecule has 4 nitrogen and oxygen atoms in total. The second-order valence-electron chi connectivity index (χ2n) is 6.63. The zero-order chi connectivity index (χ0) is 18.3. The largest absolute Gasteiger partial charge is 0.326 e. The molecule has 0 spiro atoms. The molecule has 0 aliphatic rings. The van der Waals surface area contributed by atoms with Crippen LogP contribution in [-0.2, 0) is 14.2 Å². The third-order valence-electron chi connectivity index (χ3n) is 4.47. The van der Waals surface area contributed by atoms with E-state index < -0.39 is 5.97 Å². The lowest BCUT2D eigenvalue weighted by atomic mass is 9.90. The van der Waals surface area contributed by atoms with Crippen LogP contribution in [-0.4, -0.2) is 37.9 Å². The Morgan fingerprint density at radius 2 is 1.17 bits per heavy atom. The number of nitrogens with one attached hydrogen (secondary N) is 1. The van der Waals surface area contributed by atoms with Crippen LogP contribution in [0.4, 0.5) is 0 Å². The Morgan fingerprint density at radius 1 is 0.667 bits per heavy atom. The second kappa shape index (κ2) is 14.1. The highest BCUT2D eigenvalue weighted by molar-refractivity contribution is 4.93. The van der Waals surface area contributed by atoms with Crippen LogP contribution in [0.25, 0.3) is 0 Å². The van der Waals surface area contributed by atoms with Crippen molar-refractivity contribution in [1.29, 1.82) is 0 Å². The minimum absolute atomic E-state index is 0.351. The van der Waals surface area contributed by atoms with Crippen LogP contribution in [0.3, 0.4) is 0 Å². The quantitative estimate of drug-likeness (QED) is 0.288. The molecule has 0 saturated heterocycles. The van der Waals surface area contributed by atoms with Gasteiger partial charge in [-0.1, -0.05) is 52.4 Å². The van der Waals surface area contributed by atoms with Gasteiger partial charge in [0.2, 0.25) is 0 Å². The molecule has 1 N–H and O–H groups in total. The van der Waals surface area contributed by atoms with Gasteiger partial charge < -0.3 is 19.5 Å². The molecular formula is C20H43NO3. The minimum Gasteiger partial charge on any atom is -0.326 e. The lowest BCUT2D eigenvalue weighted by Gasteiger charge is -2.47.